The largest absolute Gasteiger partial charge is 0.362 e. The Morgan fingerprint density at radius 2 is 1.90 bits per heavy atom. The minimum Gasteiger partial charge on any atom is -0.362 e. The number of carbonyl (C=O) groups excluding carboxylic acids is 1. The maximum absolute atomic E-state index is 12.4. The number of anilines is 1. The highest BCUT2D eigenvalue weighted by Crippen LogP contribution is 2.36. The summed E-state index contributed by atoms with van der Waals surface area (Å²) in [5.41, 5.74) is 2.13. The van der Waals surface area contributed by atoms with E-state index in [9.17, 15) is 4.79 Å². The van der Waals surface area contributed by atoms with E-state index in [0.29, 0.717) is 25.8 Å². The lowest BCUT2D eigenvalue weighted by Crippen LogP contribution is -2.19. The van der Waals surface area contributed by atoms with Gasteiger partial charge in [0.05, 0.1) is 20.5 Å². The second-order valence-electron chi connectivity index (χ2n) is 6.42. The fourth-order valence-electron chi connectivity index (χ4n) is 2.84. The van der Waals surface area contributed by atoms with Gasteiger partial charge in [-0.25, -0.2) is 15.0 Å². The number of carbonyl (C=O) groups is 1. The summed E-state index contributed by atoms with van der Waals surface area (Å²) in [6, 6.07) is 10.9. The van der Waals surface area contributed by atoms with Crippen LogP contribution in [0.5, 0.6) is 0 Å². The first-order valence-electron chi connectivity index (χ1n) is 8.58. The summed E-state index contributed by atoms with van der Waals surface area (Å²) in [4.78, 5) is 27.9. The van der Waals surface area contributed by atoms with Gasteiger partial charge < -0.3 is 10.2 Å². The lowest BCUT2D eigenvalue weighted by Gasteiger charge is -2.13. The number of hydrogen-bond acceptors (Lipinski definition) is 6. The van der Waals surface area contributed by atoms with Crippen LogP contribution in [0.3, 0.4) is 0 Å². The van der Waals surface area contributed by atoms with Gasteiger partial charge >= 0.3 is 0 Å². The van der Waals surface area contributed by atoms with E-state index in [1.54, 1.807) is 24.5 Å². The molecule has 0 atom stereocenters. The van der Waals surface area contributed by atoms with Gasteiger partial charge in [-0.2, -0.15) is 0 Å². The number of aliphatic imine (C=N–C) groups is 1. The Bertz CT molecular complexity index is 1170. The minimum atomic E-state index is -0.228. The van der Waals surface area contributed by atoms with Crippen molar-refractivity contribution in [2.24, 2.45) is 4.99 Å². The van der Waals surface area contributed by atoms with Crippen molar-refractivity contribution in [2.45, 2.75) is 0 Å². The highest BCUT2D eigenvalue weighted by atomic mass is 35.5. The fraction of sp³-hybridized carbons (Fsp3) is 0.100. The topological polar surface area (TPSA) is 70.5 Å². The third-order valence-electron chi connectivity index (χ3n) is 4.16. The van der Waals surface area contributed by atoms with E-state index in [1.807, 2.05) is 43.3 Å². The number of nitrogens with zero attached hydrogens (tertiary/aromatic N) is 4. The van der Waals surface area contributed by atoms with Gasteiger partial charge in [0.25, 0.3) is 5.91 Å². The molecule has 3 aromatic rings. The van der Waals surface area contributed by atoms with Crippen LogP contribution < -0.4 is 10.2 Å². The van der Waals surface area contributed by atoms with Crippen molar-refractivity contribution in [3.63, 3.8) is 0 Å². The first-order chi connectivity index (χ1) is 13.9. The Morgan fingerprint density at radius 3 is 2.62 bits per heavy atom. The normalized spacial score (nSPS) is 16.6. The number of nitrogens with one attached hydrogen (secondary N) is 1. The summed E-state index contributed by atoms with van der Waals surface area (Å²) in [5, 5.41) is 4.92. The summed E-state index contributed by atoms with van der Waals surface area (Å²) < 4.78 is 0. The van der Waals surface area contributed by atoms with Gasteiger partial charge in [-0.1, -0.05) is 35.3 Å². The predicted octanol–water partition coefficient (Wildman–Crippen LogP) is 4.89. The molecule has 1 saturated heterocycles. The van der Waals surface area contributed by atoms with Crippen LogP contribution in [0.15, 0.2) is 52.6 Å². The van der Waals surface area contributed by atoms with Crippen LogP contribution in [0, 0.1) is 0 Å². The van der Waals surface area contributed by atoms with Gasteiger partial charge in [0.2, 0.25) is 0 Å². The summed E-state index contributed by atoms with van der Waals surface area (Å²) in [7, 11) is 3.85. The second-order valence-corrected chi connectivity index (χ2v) is 8.27. The summed E-state index contributed by atoms with van der Waals surface area (Å²) in [6.07, 6.45) is 3.35. The number of aromatic nitrogens is 2. The molecule has 29 heavy (non-hydrogen) atoms. The molecular formula is C20H15Cl2N5OS. The SMILES string of the molecule is CN(C)c1ncnc2ccc(C=C3SC(=Nc4c(Cl)cccc4Cl)NC3=O)cc12. The van der Waals surface area contributed by atoms with Crippen LogP contribution in [0.4, 0.5) is 11.5 Å². The molecule has 2 aromatic carbocycles. The highest BCUT2D eigenvalue weighted by molar-refractivity contribution is 8.18. The lowest BCUT2D eigenvalue weighted by molar-refractivity contribution is -0.115. The quantitative estimate of drug-likeness (QED) is 0.583. The van der Waals surface area contributed by atoms with Crippen LogP contribution in [-0.2, 0) is 4.79 Å². The van der Waals surface area contributed by atoms with Crippen molar-refractivity contribution in [1.29, 1.82) is 0 Å². The molecule has 0 bridgehead atoms. The van der Waals surface area contributed by atoms with E-state index in [4.69, 9.17) is 23.2 Å². The summed E-state index contributed by atoms with van der Waals surface area (Å²) in [5.74, 6) is 0.587. The van der Waals surface area contributed by atoms with Crippen LogP contribution >= 0.6 is 35.0 Å². The van der Waals surface area contributed by atoms with Crippen molar-refractivity contribution >= 4 is 74.5 Å². The highest BCUT2D eigenvalue weighted by Gasteiger charge is 2.24. The Morgan fingerprint density at radius 1 is 1.14 bits per heavy atom. The van der Waals surface area contributed by atoms with Crippen LogP contribution in [0.1, 0.15) is 5.56 Å². The molecule has 0 saturated carbocycles. The standard InChI is InChI=1S/C20H15Cl2N5OS/c1-27(2)18-12-8-11(6-7-15(12)23-10-24-18)9-16-19(28)26-20(29-16)25-17-13(21)4-3-5-14(17)22/h3-10H,1-2H3,(H,25,26,28). The smallest absolute Gasteiger partial charge is 0.264 e. The molecule has 1 N–H and O–H groups in total. The monoisotopic (exact) mass is 443 g/mol. The molecule has 4 rings (SSSR count). The molecule has 2 heterocycles. The van der Waals surface area contributed by atoms with E-state index in [-0.39, 0.29) is 5.91 Å². The zero-order valence-corrected chi connectivity index (χ0v) is 17.8. The molecule has 1 fully saturated rings. The van der Waals surface area contributed by atoms with Gasteiger partial charge in [-0.05, 0) is 47.7 Å². The van der Waals surface area contributed by atoms with Gasteiger partial charge in [0.15, 0.2) is 5.17 Å². The van der Waals surface area contributed by atoms with E-state index in [1.165, 1.54) is 11.8 Å². The number of para-hydroxylation sites is 1. The van der Waals surface area contributed by atoms with Crippen molar-refractivity contribution in [3.05, 3.63) is 63.2 Å². The molecule has 6 nitrogen and oxygen atoms in total. The van der Waals surface area contributed by atoms with Crippen LogP contribution in [-0.4, -0.2) is 35.1 Å². The van der Waals surface area contributed by atoms with Crippen molar-refractivity contribution in [3.8, 4) is 0 Å². The Labute approximate surface area is 181 Å². The van der Waals surface area contributed by atoms with Crippen LogP contribution in [0.2, 0.25) is 10.0 Å². The molecule has 0 unspecified atom stereocenters. The number of fused-ring (bicyclic) bond motifs is 1. The second kappa shape index (κ2) is 8.02. The first-order valence-corrected chi connectivity index (χ1v) is 10.2. The molecule has 1 aliphatic heterocycles. The number of hydrogen-bond donors (Lipinski definition) is 1. The molecule has 1 aromatic heterocycles. The lowest BCUT2D eigenvalue weighted by atomic mass is 10.1. The molecule has 9 heteroatoms. The Balaban J connectivity index is 1.68. The van der Waals surface area contributed by atoms with Crippen molar-refractivity contribution in [1.82, 2.24) is 15.3 Å². The van der Waals surface area contributed by atoms with E-state index in [2.05, 4.69) is 20.3 Å². The molecular weight excluding hydrogens is 429 g/mol. The van der Waals surface area contributed by atoms with Crippen LogP contribution in [0.25, 0.3) is 17.0 Å². The number of amides is 1. The first kappa shape index (κ1) is 19.7. The number of rotatable bonds is 3. The Hall–Kier alpha value is -2.61. The summed E-state index contributed by atoms with van der Waals surface area (Å²) >= 11 is 13.6. The van der Waals surface area contributed by atoms with Gasteiger partial charge in [-0.3, -0.25) is 4.79 Å². The zero-order chi connectivity index (χ0) is 20.5. The number of halogens is 2. The van der Waals surface area contributed by atoms with Gasteiger partial charge in [0, 0.05) is 19.5 Å². The van der Waals surface area contributed by atoms with Crippen molar-refractivity contribution in [2.75, 3.05) is 19.0 Å². The third kappa shape index (κ3) is 4.07. The molecule has 1 aliphatic rings. The van der Waals surface area contributed by atoms with Gasteiger partial charge in [-0.15, -0.1) is 0 Å². The molecule has 0 spiro atoms. The van der Waals surface area contributed by atoms with Gasteiger partial charge in [0.1, 0.15) is 17.8 Å². The summed E-state index contributed by atoms with van der Waals surface area (Å²) in [6.45, 7) is 0. The average Bonchev–Trinajstić information content (AvgIpc) is 3.03. The van der Waals surface area contributed by atoms with Crippen molar-refractivity contribution < 1.29 is 4.79 Å². The zero-order valence-electron chi connectivity index (χ0n) is 15.5. The minimum absolute atomic E-state index is 0.228. The molecule has 0 radical (unpaired) electrons. The number of amidine groups is 1. The maximum Gasteiger partial charge on any atom is 0.264 e. The number of benzene rings is 2. The third-order valence-corrected chi connectivity index (χ3v) is 5.68. The number of thioether (sulfide) groups is 1. The molecule has 0 aliphatic carbocycles. The van der Waals surface area contributed by atoms with E-state index < -0.39 is 0 Å². The molecule has 1 amide bonds. The predicted molar refractivity (Wildman–Crippen MR) is 121 cm³/mol. The fourth-order valence-corrected chi connectivity index (χ4v) is 4.15. The maximum atomic E-state index is 12.4. The van der Waals surface area contributed by atoms with E-state index >= 15 is 0 Å². The van der Waals surface area contributed by atoms with E-state index in [0.717, 1.165) is 22.3 Å². The Kier molecular flexibility index (Phi) is 5.45. The molecule has 146 valence electrons. The average molecular weight is 444 g/mol.